The number of nitrogens with zero attached hydrogens (tertiary/aromatic N) is 2. The Morgan fingerprint density at radius 3 is 2.38 bits per heavy atom. The summed E-state index contributed by atoms with van der Waals surface area (Å²) in [5.41, 5.74) is 5.66. The molecule has 1 saturated heterocycles. The van der Waals surface area contributed by atoms with E-state index in [1.54, 1.807) is 0 Å². The molecule has 7 heteroatoms. The first-order chi connectivity index (χ1) is 9.86. The van der Waals surface area contributed by atoms with Gasteiger partial charge in [0, 0.05) is 44.3 Å². The molecular formula is C14H22FN3O2S. The maximum absolute atomic E-state index is 13.4. The predicted molar refractivity (Wildman–Crippen MR) is 79.8 cm³/mol. The molecule has 0 atom stereocenters. The Balaban J connectivity index is 2.19. The number of benzene rings is 1. The third kappa shape index (κ3) is 3.42. The van der Waals surface area contributed by atoms with E-state index in [0.717, 1.165) is 0 Å². The van der Waals surface area contributed by atoms with Crippen LogP contribution in [-0.2, 0) is 16.6 Å². The van der Waals surface area contributed by atoms with Crippen LogP contribution in [0.25, 0.3) is 0 Å². The molecule has 1 heterocycles. The van der Waals surface area contributed by atoms with Crippen molar-refractivity contribution in [3.05, 3.63) is 29.6 Å². The van der Waals surface area contributed by atoms with Crippen molar-refractivity contribution in [2.45, 2.75) is 31.3 Å². The van der Waals surface area contributed by atoms with Gasteiger partial charge in [0.2, 0.25) is 10.0 Å². The summed E-state index contributed by atoms with van der Waals surface area (Å²) in [6.07, 6.45) is 0. The number of hydrogen-bond acceptors (Lipinski definition) is 4. The van der Waals surface area contributed by atoms with E-state index in [1.165, 1.54) is 22.5 Å². The van der Waals surface area contributed by atoms with Gasteiger partial charge in [-0.2, -0.15) is 4.31 Å². The fourth-order valence-electron chi connectivity index (χ4n) is 2.48. The second kappa shape index (κ2) is 6.39. The number of sulfonamides is 1. The third-order valence-electron chi connectivity index (χ3n) is 3.88. The van der Waals surface area contributed by atoms with E-state index >= 15 is 0 Å². The summed E-state index contributed by atoms with van der Waals surface area (Å²) < 4.78 is 40.1. The van der Waals surface area contributed by atoms with Gasteiger partial charge in [-0.1, -0.05) is 0 Å². The second-order valence-corrected chi connectivity index (χ2v) is 7.43. The van der Waals surface area contributed by atoms with Gasteiger partial charge < -0.3 is 5.73 Å². The van der Waals surface area contributed by atoms with Crippen LogP contribution < -0.4 is 5.73 Å². The van der Waals surface area contributed by atoms with Crippen molar-refractivity contribution in [2.24, 2.45) is 5.73 Å². The number of rotatable bonds is 4. The van der Waals surface area contributed by atoms with E-state index in [1.807, 2.05) is 0 Å². The Kier molecular flexibility index (Phi) is 4.98. The van der Waals surface area contributed by atoms with Crippen LogP contribution in [-0.4, -0.2) is 49.8 Å². The van der Waals surface area contributed by atoms with E-state index in [-0.39, 0.29) is 17.0 Å². The minimum absolute atomic E-state index is 0.0175. The van der Waals surface area contributed by atoms with E-state index in [9.17, 15) is 12.8 Å². The fourth-order valence-corrected chi connectivity index (χ4v) is 3.95. The van der Waals surface area contributed by atoms with E-state index < -0.39 is 15.8 Å². The number of hydrogen-bond donors (Lipinski definition) is 1. The molecule has 1 fully saturated rings. The van der Waals surface area contributed by atoms with Crippen LogP contribution in [0.4, 0.5) is 4.39 Å². The van der Waals surface area contributed by atoms with Gasteiger partial charge in [0.05, 0.1) is 4.90 Å². The molecule has 0 unspecified atom stereocenters. The third-order valence-corrected chi connectivity index (χ3v) is 5.77. The second-order valence-electron chi connectivity index (χ2n) is 5.49. The predicted octanol–water partition coefficient (Wildman–Crippen LogP) is 0.999. The van der Waals surface area contributed by atoms with Gasteiger partial charge in [0.15, 0.2) is 0 Å². The number of halogens is 1. The maximum atomic E-state index is 13.4. The van der Waals surface area contributed by atoms with Gasteiger partial charge in [0.25, 0.3) is 0 Å². The zero-order valence-electron chi connectivity index (χ0n) is 12.4. The molecule has 118 valence electrons. The first kappa shape index (κ1) is 16.4. The van der Waals surface area contributed by atoms with Crippen molar-refractivity contribution >= 4 is 10.0 Å². The maximum Gasteiger partial charge on any atom is 0.243 e. The van der Waals surface area contributed by atoms with Gasteiger partial charge in [-0.05, 0) is 32.0 Å². The first-order valence-corrected chi connectivity index (χ1v) is 8.53. The highest BCUT2D eigenvalue weighted by Crippen LogP contribution is 2.20. The van der Waals surface area contributed by atoms with E-state index in [0.29, 0.717) is 32.2 Å². The molecule has 0 amide bonds. The quantitative estimate of drug-likeness (QED) is 0.900. The monoisotopic (exact) mass is 315 g/mol. The summed E-state index contributed by atoms with van der Waals surface area (Å²) in [6.45, 7) is 6.50. The lowest BCUT2D eigenvalue weighted by atomic mass is 10.2. The Morgan fingerprint density at radius 2 is 1.86 bits per heavy atom. The van der Waals surface area contributed by atoms with Crippen LogP contribution in [0.1, 0.15) is 19.4 Å². The lowest BCUT2D eigenvalue weighted by Crippen LogP contribution is -2.50. The lowest BCUT2D eigenvalue weighted by molar-refractivity contribution is 0.154. The molecule has 0 spiro atoms. The van der Waals surface area contributed by atoms with Crippen LogP contribution in [0.15, 0.2) is 23.1 Å². The normalized spacial score (nSPS) is 18.3. The van der Waals surface area contributed by atoms with Gasteiger partial charge in [0.1, 0.15) is 5.82 Å². The summed E-state index contributed by atoms with van der Waals surface area (Å²) in [4.78, 5) is 2.35. The molecule has 0 saturated carbocycles. The minimum Gasteiger partial charge on any atom is -0.326 e. The average molecular weight is 315 g/mol. The molecule has 0 aromatic heterocycles. The number of piperazine rings is 1. The fraction of sp³-hybridized carbons (Fsp3) is 0.571. The highest BCUT2D eigenvalue weighted by molar-refractivity contribution is 7.89. The topological polar surface area (TPSA) is 66.6 Å². The van der Waals surface area contributed by atoms with Gasteiger partial charge in [-0.25, -0.2) is 12.8 Å². The highest BCUT2D eigenvalue weighted by Gasteiger charge is 2.29. The zero-order chi connectivity index (χ0) is 15.6. The summed E-state index contributed by atoms with van der Waals surface area (Å²) in [6, 6.07) is 4.21. The van der Waals surface area contributed by atoms with Crippen LogP contribution in [0.5, 0.6) is 0 Å². The molecule has 1 aromatic rings. The minimum atomic E-state index is -3.58. The van der Waals surface area contributed by atoms with Crippen molar-refractivity contribution in [1.29, 1.82) is 0 Å². The van der Waals surface area contributed by atoms with Crippen molar-refractivity contribution in [1.82, 2.24) is 9.21 Å². The summed E-state index contributed by atoms with van der Waals surface area (Å²) in [7, 11) is -3.58. The van der Waals surface area contributed by atoms with Gasteiger partial charge in [-0.3, -0.25) is 4.90 Å². The van der Waals surface area contributed by atoms with Crippen LogP contribution >= 0.6 is 0 Å². The smallest absolute Gasteiger partial charge is 0.243 e. The molecule has 0 bridgehead atoms. The van der Waals surface area contributed by atoms with Crippen LogP contribution in [0.2, 0.25) is 0 Å². The Bertz CT molecular complexity index is 596. The van der Waals surface area contributed by atoms with Gasteiger partial charge in [-0.15, -0.1) is 0 Å². The SMILES string of the molecule is CC(C)N1CCN(S(=O)(=O)c2ccc(F)c(CN)c2)CC1. The highest BCUT2D eigenvalue weighted by atomic mass is 32.2. The van der Waals surface area contributed by atoms with Gasteiger partial charge >= 0.3 is 0 Å². The van der Waals surface area contributed by atoms with Crippen molar-refractivity contribution in [3.63, 3.8) is 0 Å². The molecule has 21 heavy (non-hydrogen) atoms. The molecule has 5 nitrogen and oxygen atoms in total. The van der Waals surface area contributed by atoms with E-state index in [2.05, 4.69) is 18.7 Å². The van der Waals surface area contributed by atoms with Crippen molar-refractivity contribution in [2.75, 3.05) is 26.2 Å². The van der Waals surface area contributed by atoms with Crippen LogP contribution in [0.3, 0.4) is 0 Å². The van der Waals surface area contributed by atoms with Crippen molar-refractivity contribution in [3.8, 4) is 0 Å². The lowest BCUT2D eigenvalue weighted by Gasteiger charge is -2.36. The summed E-state index contributed by atoms with van der Waals surface area (Å²) in [5.74, 6) is -0.471. The summed E-state index contributed by atoms with van der Waals surface area (Å²) >= 11 is 0. The zero-order valence-corrected chi connectivity index (χ0v) is 13.2. The first-order valence-electron chi connectivity index (χ1n) is 7.09. The van der Waals surface area contributed by atoms with Crippen molar-refractivity contribution < 1.29 is 12.8 Å². The standard InChI is InChI=1S/C14H22FN3O2S/c1-11(2)17-5-7-18(8-6-17)21(19,20)13-3-4-14(15)12(9-13)10-16/h3-4,9,11H,5-8,10,16H2,1-2H3. The Hall–Kier alpha value is -1.02. The molecule has 2 N–H and O–H groups in total. The van der Waals surface area contributed by atoms with Crippen LogP contribution in [0, 0.1) is 5.82 Å². The van der Waals surface area contributed by atoms with E-state index in [4.69, 9.17) is 5.73 Å². The largest absolute Gasteiger partial charge is 0.326 e. The molecule has 1 aliphatic heterocycles. The average Bonchev–Trinajstić information content (AvgIpc) is 2.47. The summed E-state index contributed by atoms with van der Waals surface area (Å²) in [5, 5.41) is 0. The number of nitrogens with two attached hydrogens (primary N) is 1. The molecule has 1 aliphatic rings. The Morgan fingerprint density at radius 1 is 1.24 bits per heavy atom. The molecule has 2 rings (SSSR count). The molecule has 1 aromatic carbocycles. The molecular weight excluding hydrogens is 293 g/mol. The molecule has 0 radical (unpaired) electrons. The molecule has 0 aliphatic carbocycles. The Labute approximate surface area is 125 Å².